The molecule has 0 saturated heterocycles. The first-order chi connectivity index (χ1) is 15.9. The van der Waals surface area contributed by atoms with Crippen molar-refractivity contribution in [3.8, 4) is 0 Å². The van der Waals surface area contributed by atoms with Crippen molar-refractivity contribution in [2.45, 2.75) is 39.4 Å². The molecular formula is C22H12F12S. The third-order valence-corrected chi connectivity index (χ3v) is 7.04. The van der Waals surface area contributed by atoms with Crippen LogP contribution in [-0.4, -0.2) is 0 Å². The fraction of sp³-hybridized carbons (Fsp3) is 0.182. The van der Waals surface area contributed by atoms with E-state index < -0.39 is 67.6 Å². The van der Waals surface area contributed by atoms with E-state index in [2.05, 4.69) is 0 Å². The number of alkyl halides is 12. The van der Waals surface area contributed by atoms with E-state index in [0.717, 1.165) is 0 Å². The van der Waals surface area contributed by atoms with Gasteiger partial charge in [0.2, 0.25) is 0 Å². The molecule has 3 rings (SSSR count). The van der Waals surface area contributed by atoms with Crippen molar-refractivity contribution < 1.29 is 52.7 Å². The first-order valence-corrected chi connectivity index (χ1v) is 10.7. The Bertz CT molecular complexity index is 1050. The van der Waals surface area contributed by atoms with Gasteiger partial charge in [0, 0.05) is 0 Å². The highest BCUT2D eigenvalue weighted by Gasteiger charge is 2.40. The predicted octanol–water partition coefficient (Wildman–Crippen LogP) is 9.24. The lowest BCUT2D eigenvalue weighted by atomic mass is 10.1. The van der Waals surface area contributed by atoms with Crippen molar-refractivity contribution in [3.05, 3.63) is 89.0 Å². The molecule has 0 nitrogen and oxygen atoms in total. The minimum Gasteiger partial charge on any atom is -0.173 e. The summed E-state index contributed by atoms with van der Waals surface area (Å²) >= 11 is 0. The van der Waals surface area contributed by atoms with Gasteiger partial charge in [-0.15, -0.1) is 0 Å². The molecule has 0 bridgehead atoms. The predicted molar refractivity (Wildman–Crippen MR) is 103 cm³/mol. The van der Waals surface area contributed by atoms with Crippen LogP contribution in [0.5, 0.6) is 0 Å². The lowest BCUT2D eigenvalue weighted by Crippen LogP contribution is -2.12. The van der Waals surface area contributed by atoms with E-state index in [1.54, 1.807) is 0 Å². The highest BCUT2D eigenvalue weighted by molar-refractivity contribution is 8.17. The van der Waals surface area contributed by atoms with Gasteiger partial charge in [-0.25, -0.2) is 0 Å². The molecule has 0 atom stereocenters. The van der Waals surface area contributed by atoms with Gasteiger partial charge in [0.05, 0.1) is 22.3 Å². The molecule has 0 aromatic heterocycles. The van der Waals surface area contributed by atoms with Crippen LogP contribution in [0.4, 0.5) is 52.7 Å². The average Bonchev–Trinajstić information content (AvgIpc) is 2.72. The van der Waals surface area contributed by atoms with Gasteiger partial charge in [-0.2, -0.15) is 63.6 Å². The number of hydrogen-bond donors (Lipinski definition) is 1. The molecule has 35 heavy (non-hydrogen) atoms. The summed E-state index contributed by atoms with van der Waals surface area (Å²) in [7, 11) is -2.70. The summed E-state index contributed by atoms with van der Waals surface area (Å²) in [6.07, 6.45) is -21.1. The number of benzene rings is 3. The summed E-state index contributed by atoms with van der Waals surface area (Å²) in [5.74, 6) is 0. The summed E-state index contributed by atoms with van der Waals surface area (Å²) in [5.41, 5.74) is -6.97. The summed E-state index contributed by atoms with van der Waals surface area (Å²) < 4.78 is 161. The Kier molecular flexibility index (Phi) is 6.88. The number of halogens is 12. The molecule has 3 aromatic rings. The number of hydrogen-bond acceptors (Lipinski definition) is 0. The zero-order chi connectivity index (χ0) is 26.4. The zero-order valence-corrected chi connectivity index (χ0v) is 17.7. The van der Waals surface area contributed by atoms with Crippen LogP contribution in [0.3, 0.4) is 0 Å². The van der Waals surface area contributed by atoms with Gasteiger partial charge in [0.15, 0.2) is 0 Å². The fourth-order valence-electron chi connectivity index (χ4n) is 3.16. The van der Waals surface area contributed by atoms with Crippen molar-refractivity contribution in [3.63, 3.8) is 0 Å². The van der Waals surface area contributed by atoms with E-state index in [4.69, 9.17) is 0 Å². The monoisotopic (exact) mass is 536 g/mol. The summed E-state index contributed by atoms with van der Waals surface area (Å²) in [6.45, 7) is 0. The fourth-order valence-corrected chi connectivity index (χ4v) is 5.60. The molecule has 0 aliphatic carbocycles. The van der Waals surface area contributed by atoms with E-state index in [-0.39, 0.29) is 17.0 Å². The molecule has 0 fully saturated rings. The summed E-state index contributed by atoms with van der Waals surface area (Å²) in [4.78, 5) is -1.50. The molecule has 0 heterocycles. The van der Waals surface area contributed by atoms with Crippen LogP contribution in [0.2, 0.25) is 0 Å². The molecule has 190 valence electrons. The van der Waals surface area contributed by atoms with Crippen molar-refractivity contribution in [1.82, 2.24) is 0 Å². The molecule has 0 aliphatic rings. The standard InChI is InChI=1S/C22H12F12S/c23-19(24,25)12-6-13(20(26,27)28)9-17(8-12)35(16-4-2-1-3-5-16)18-10-14(21(29,30)31)7-15(11-18)22(32,33)34/h1-11,35H. The van der Waals surface area contributed by atoms with Gasteiger partial charge >= 0.3 is 24.7 Å². The average molecular weight is 536 g/mol. The molecule has 0 radical (unpaired) electrons. The van der Waals surface area contributed by atoms with Crippen molar-refractivity contribution in [2.75, 3.05) is 0 Å². The van der Waals surface area contributed by atoms with Crippen LogP contribution in [0.1, 0.15) is 22.3 Å². The zero-order valence-electron chi connectivity index (χ0n) is 16.8. The van der Waals surface area contributed by atoms with Crippen LogP contribution < -0.4 is 0 Å². The second-order valence-corrected chi connectivity index (χ2v) is 9.42. The Morgan fingerprint density at radius 3 is 0.914 bits per heavy atom. The lowest BCUT2D eigenvalue weighted by Gasteiger charge is -2.27. The molecule has 3 aromatic carbocycles. The van der Waals surface area contributed by atoms with Crippen LogP contribution in [-0.2, 0) is 24.7 Å². The molecule has 0 unspecified atom stereocenters. The first-order valence-electron chi connectivity index (χ1n) is 9.31. The molecule has 0 amide bonds. The highest BCUT2D eigenvalue weighted by Crippen LogP contribution is 2.55. The van der Waals surface area contributed by atoms with E-state index in [1.165, 1.54) is 30.3 Å². The summed E-state index contributed by atoms with van der Waals surface area (Å²) in [6, 6.07) is 7.32. The minimum absolute atomic E-state index is 0.0533. The van der Waals surface area contributed by atoms with Gasteiger partial charge < -0.3 is 0 Å². The third-order valence-electron chi connectivity index (χ3n) is 4.68. The Morgan fingerprint density at radius 2 is 0.657 bits per heavy atom. The van der Waals surface area contributed by atoms with E-state index in [1.807, 2.05) is 0 Å². The van der Waals surface area contributed by atoms with Gasteiger partial charge in [0.1, 0.15) is 0 Å². The third kappa shape index (κ3) is 6.24. The van der Waals surface area contributed by atoms with E-state index >= 15 is 0 Å². The Hall–Kier alpha value is -2.83. The van der Waals surface area contributed by atoms with E-state index in [0.29, 0.717) is 24.3 Å². The second-order valence-electron chi connectivity index (χ2n) is 7.20. The number of thiol groups is 1. The Morgan fingerprint density at radius 1 is 0.371 bits per heavy atom. The topological polar surface area (TPSA) is 0 Å². The van der Waals surface area contributed by atoms with Gasteiger partial charge in [0.25, 0.3) is 0 Å². The maximum atomic E-state index is 13.4. The maximum absolute atomic E-state index is 13.4. The van der Waals surface area contributed by atoms with Crippen molar-refractivity contribution >= 4 is 10.9 Å². The molecule has 0 N–H and O–H groups in total. The van der Waals surface area contributed by atoms with Crippen LogP contribution in [0.25, 0.3) is 0 Å². The largest absolute Gasteiger partial charge is 0.416 e. The lowest BCUT2D eigenvalue weighted by molar-refractivity contribution is -0.144. The molecule has 0 spiro atoms. The van der Waals surface area contributed by atoms with Gasteiger partial charge in [-0.05, 0) is 63.2 Å². The second kappa shape index (κ2) is 8.99. The van der Waals surface area contributed by atoms with Crippen LogP contribution >= 0.6 is 10.9 Å². The van der Waals surface area contributed by atoms with Crippen LogP contribution in [0.15, 0.2) is 81.4 Å². The van der Waals surface area contributed by atoms with Crippen LogP contribution in [0, 0.1) is 0 Å². The number of rotatable bonds is 3. The highest BCUT2D eigenvalue weighted by atomic mass is 32.2. The maximum Gasteiger partial charge on any atom is 0.416 e. The van der Waals surface area contributed by atoms with Gasteiger partial charge in [-0.3, -0.25) is 0 Å². The van der Waals surface area contributed by atoms with E-state index in [9.17, 15) is 52.7 Å². The summed E-state index contributed by atoms with van der Waals surface area (Å²) in [5, 5.41) is 0. The molecule has 13 heteroatoms. The molecular weight excluding hydrogens is 524 g/mol. The normalized spacial score (nSPS) is 13.7. The first kappa shape index (κ1) is 26.8. The molecule has 0 saturated carbocycles. The minimum atomic E-state index is -5.27. The Labute approximate surface area is 192 Å². The molecule has 0 aliphatic heterocycles. The van der Waals surface area contributed by atoms with Crippen molar-refractivity contribution in [2.24, 2.45) is 0 Å². The van der Waals surface area contributed by atoms with Gasteiger partial charge in [-0.1, -0.05) is 18.2 Å². The quantitative estimate of drug-likeness (QED) is 0.250. The Balaban J connectivity index is 2.40. The smallest absolute Gasteiger partial charge is 0.173 e. The SMILES string of the molecule is FC(F)(F)c1cc([SH](c2ccccc2)c2cc(C(F)(F)F)cc(C(F)(F)F)c2)cc(C(F)(F)F)c1. The van der Waals surface area contributed by atoms with Crippen molar-refractivity contribution in [1.29, 1.82) is 0 Å².